The molecule has 1 aromatic heterocycles. The number of nitrogens with two attached hydrogens (primary N) is 1. The van der Waals surface area contributed by atoms with Crippen LogP contribution in [0.5, 0.6) is 0 Å². The van der Waals surface area contributed by atoms with Gasteiger partial charge in [-0.1, -0.05) is 19.0 Å². The SMILES string of the molecule is CC(C)C1C[C@@H](NC(=O)c2cc(C3CC3)on2)CCN1S(=O)(=O)CCCN. The third-order valence-electron chi connectivity index (χ3n) is 5.40. The van der Waals surface area contributed by atoms with Crippen molar-refractivity contribution >= 4 is 15.9 Å². The van der Waals surface area contributed by atoms with E-state index in [2.05, 4.69) is 10.5 Å². The Bertz CT molecular complexity index is 757. The summed E-state index contributed by atoms with van der Waals surface area (Å²) < 4.78 is 32.1. The van der Waals surface area contributed by atoms with Crippen LogP contribution in [0.1, 0.15) is 68.1 Å². The predicted octanol–water partition coefficient (Wildman–Crippen LogP) is 1.45. The zero-order valence-corrected chi connectivity index (χ0v) is 16.9. The van der Waals surface area contributed by atoms with Gasteiger partial charge in [-0.05, 0) is 44.6 Å². The minimum absolute atomic E-state index is 0.0760. The van der Waals surface area contributed by atoms with E-state index < -0.39 is 10.0 Å². The van der Waals surface area contributed by atoms with Gasteiger partial charge in [0, 0.05) is 30.6 Å². The molecule has 1 unspecified atom stereocenters. The molecule has 0 aromatic carbocycles. The number of hydrogen-bond acceptors (Lipinski definition) is 6. The molecular formula is C18H30N4O4S. The summed E-state index contributed by atoms with van der Waals surface area (Å²) in [7, 11) is -3.33. The Balaban J connectivity index is 1.62. The second kappa shape index (κ2) is 8.28. The molecule has 0 bridgehead atoms. The monoisotopic (exact) mass is 398 g/mol. The molecule has 1 amide bonds. The molecule has 9 heteroatoms. The molecule has 27 heavy (non-hydrogen) atoms. The largest absolute Gasteiger partial charge is 0.360 e. The van der Waals surface area contributed by atoms with Crippen LogP contribution in [-0.2, 0) is 10.0 Å². The summed E-state index contributed by atoms with van der Waals surface area (Å²) in [5, 5.41) is 6.88. The molecule has 3 N–H and O–H groups in total. The van der Waals surface area contributed by atoms with Crippen molar-refractivity contribution in [2.24, 2.45) is 11.7 Å². The van der Waals surface area contributed by atoms with Crippen LogP contribution in [0.2, 0.25) is 0 Å². The molecule has 2 atom stereocenters. The van der Waals surface area contributed by atoms with Crippen LogP contribution in [0.15, 0.2) is 10.6 Å². The molecule has 0 radical (unpaired) electrons. The van der Waals surface area contributed by atoms with Gasteiger partial charge in [-0.15, -0.1) is 0 Å². The lowest BCUT2D eigenvalue weighted by atomic mass is 9.91. The third-order valence-corrected chi connectivity index (χ3v) is 7.38. The average molecular weight is 399 g/mol. The first-order chi connectivity index (χ1) is 12.8. The van der Waals surface area contributed by atoms with Crippen LogP contribution in [0.3, 0.4) is 0 Å². The molecule has 8 nitrogen and oxygen atoms in total. The van der Waals surface area contributed by atoms with Crippen molar-refractivity contribution in [3.63, 3.8) is 0 Å². The van der Waals surface area contributed by atoms with E-state index in [-0.39, 0.29) is 29.7 Å². The second-order valence-corrected chi connectivity index (χ2v) is 10.0. The molecule has 2 aliphatic rings. The maximum absolute atomic E-state index is 12.6. The van der Waals surface area contributed by atoms with Crippen LogP contribution >= 0.6 is 0 Å². The Morgan fingerprint density at radius 1 is 1.41 bits per heavy atom. The van der Waals surface area contributed by atoms with E-state index in [4.69, 9.17) is 10.3 Å². The minimum Gasteiger partial charge on any atom is -0.360 e. The van der Waals surface area contributed by atoms with E-state index in [1.54, 1.807) is 10.4 Å². The highest BCUT2D eigenvalue weighted by atomic mass is 32.2. The maximum atomic E-state index is 12.6. The highest BCUT2D eigenvalue weighted by Crippen LogP contribution is 2.40. The Kier molecular flexibility index (Phi) is 6.22. The molecule has 2 fully saturated rings. The summed E-state index contributed by atoms with van der Waals surface area (Å²) in [6, 6.07) is 1.51. The van der Waals surface area contributed by atoms with Crippen molar-refractivity contribution < 1.29 is 17.7 Å². The standard InChI is InChI=1S/C18H30N4O4S/c1-12(2)16-10-14(6-8-22(16)27(24,25)9-3-7-19)20-18(23)15-11-17(26-21-15)13-4-5-13/h11-14,16H,3-10,19H2,1-2H3,(H,20,23)/t14-,16?/m0/s1. The summed E-state index contributed by atoms with van der Waals surface area (Å²) in [5.41, 5.74) is 5.77. The molecule has 1 aromatic rings. The quantitative estimate of drug-likeness (QED) is 0.684. The zero-order valence-electron chi connectivity index (χ0n) is 16.1. The highest BCUT2D eigenvalue weighted by molar-refractivity contribution is 7.89. The Labute approximate surface area is 160 Å². The van der Waals surface area contributed by atoms with Crippen LogP contribution < -0.4 is 11.1 Å². The third kappa shape index (κ3) is 4.89. The van der Waals surface area contributed by atoms with Gasteiger partial charge >= 0.3 is 0 Å². The van der Waals surface area contributed by atoms with E-state index in [0.717, 1.165) is 18.6 Å². The topological polar surface area (TPSA) is 119 Å². The fourth-order valence-corrected chi connectivity index (χ4v) is 5.55. The predicted molar refractivity (Wildman–Crippen MR) is 102 cm³/mol. The van der Waals surface area contributed by atoms with Crippen LogP contribution in [0.25, 0.3) is 0 Å². The average Bonchev–Trinajstić information content (AvgIpc) is 3.36. The number of rotatable bonds is 8. The maximum Gasteiger partial charge on any atom is 0.273 e. The van der Waals surface area contributed by atoms with E-state index in [1.165, 1.54) is 0 Å². The lowest BCUT2D eigenvalue weighted by Crippen LogP contribution is -2.54. The van der Waals surface area contributed by atoms with Crippen molar-refractivity contribution in [2.75, 3.05) is 18.8 Å². The lowest BCUT2D eigenvalue weighted by Gasteiger charge is -2.40. The molecule has 1 saturated carbocycles. The lowest BCUT2D eigenvalue weighted by molar-refractivity contribution is 0.0890. The number of hydrogen-bond donors (Lipinski definition) is 2. The van der Waals surface area contributed by atoms with Crippen molar-refractivity contribution in [2.45, 2.75) is 64.0 Å². The Morgan fingerprint density at radius 3 is 2.78 bits per heavy atom. The van der Waals surface area contributed by atoms with E-state index in [0.29, 0.717) is 44.0 Å². The van der Waals surface area contributed by atoms with Crippen molar-refractivity contribution in [1.82, 2.24) is 14.8 Å². The molecule has 1 aliphatic carbocycles. The van der Waals surface area contributed by atoms with E-state index in [1.807, 2.05) is 13.8 Å². The highest BCUT2D eigenvalue weighted by Gasteiger charge is 2.38. The van der Waals surface area contributed by atoms with Gasteiger partial charge in [0.2, 0.25) is 10.0 Å². The Morgan fingerprint density at radius 2 is 2.15 bits per heavy atom. The molecule has 0 spiro atoms. The number of nitrogens with zero attached hydrogens (tertiary/aromatic N) is 2. The van der Waals surface area contributed by atoms with E-state index in [9.17, 15) is 13.2 Å². The van der Waals surface area contributed by atoms with Crippen molar-refractivity contribution in [1.29, 1.82) is 0 Å². The molecular weight excluding hydrogens is 368 g/mol. The second-order valence-electron chi connectivity index (χ2n) is 7.96. The smallest absolute Gasteiger partial charge is 0.273 e. The van der Waals surface area contributed by atoms with Gasteiger partial charge in [0.05, 0.1) is 5.75 Å². The summed E-state index contributed by atoms with van der Waals surface area (Å²) in [6.07, 6.45) is 3.81. The first-order valence-electron chi connectivity index (χ1n) is 9.79. The van der Waals surface area contributed by atoms with Gasteiger partial charge in [0.25, 0.3) is 5.91 Å². The van der Waals surface area contributed by atoms with Crippen LogP contribution in [-0.4, -0.2) is 54.7 Å². The van der Waals surface area contributed by atoms with E-state index >= 15 is 0 Å². The fraction of sp³-hybridized carbons (Fsp3) is 0.778. The first-order valence-corrected chi connectivity index (χ1v) is 11.4. The van der Waals surface area contributed by atoms with Gasteiger partial charge in [0.15, 0.2) is 5.69 Å². The number of carbonyl (C=O) groups is 1. The molecule has 2 heterocycles. The molecule has 1 aliphatic heterocycles. The zero-order chi connectivity index (χ0) is 19.6. The number of aromatic nitrogens is 1. The summed E-state index contributed by atoms with van der Waals surface area (Å²) in [4.78, 5) is 12.5. The fourth-order valence-electron chi connectivity index (χ4n) is 3.66. The van der Waals surface area contributed by atoms with Gasteiger partial charge in [-0.3, -0.25) is 4.79 Å². The number of piperidine rings is 1. The summed E-state index contributed by atoms with van der Waals surface area (Å²) >= 11 is 0. The van der Waals surface area contributed by atoms with Crippen molar-refractivity contribution in [3.8, 4) is 0 Å². The van der Waals surface area contributed by atoms with Gasteiger partial charge in [0.1, 0.15) is 5.76 Å². The van der Waals surface area contributed by atoms with Gasteiger partial charge in [-0.2, -0.15) is 4.31 Å². The summed E-state index contributed by atoms with van der Waals surface area (Å²) in [5.74, 6) is 1.17. The first kappa shape index (κ1) is 20.3. The van der Waals surface area contributed by atoms with Gasteiger partial charge in [-0.25, -0.2) is 8.42 Å². The Hall–Kier alpha value is -1.45. The molecule has 3 rings (SSSR count). The molecule has 1 saturated heterocycles. The van der Waals surface area contributed by atoms with Gasteiger partial charge < -0.3 is 15.6 Å². The van der Waals surface area contributed by atoms with Crippen LogP contribution in [0, 0.1) is 5.92 Å². The number of sulfonamides is 1. The number of amides is 1. The van der Waals surface area contributed by atoms with Crippen molar-refractivity contribution in [3.05, 3.63) is 17.5 Å². The minimum atomic E-state index is -3.33. The normalized spacial score (nSPS) is 24.3. The number of carbonyl (C=O) groups excluding carboxylic acids is 1. The summed E-state index contributed by atoms with van der Waals surface area (Å²) in [6.45, 7) is 4.80. The van der Waals surface area contributed by atoms with Crippen LogP contribution in [0.4, 0.5) is 0 Å². The number of nitrogens with one attached hydrogen (secondary N) is 1. The molecule has 152 valence electrons.